The van der Waals surface area contributed by atoms with E-state index in [1.54, 1.807) is 4.90 Å². The second-order valence-electron chi connectivity index (χ2n) is 6.51. The minimum Gasteiger partial charge on any atom is -0.308 e. The van der Waals surface area contributed by atoms with Crippen LogP contribution in [-0.4, -0.2) is 28.3 Å². The first-order valence-corrected chi connectivity index (χ1v) is 8.42. The lowest BCUT2D eigenvalue weighted by molar-refractivity contribution is -0.127. The highest BCUT2D eigenvalue weighted by Crippen LogP contribution is 2.39. The van der Waals surface area contributed by atoms with Gasteiger partial charge in [-0.2, -0.15) is 0 Å². The first kappa shape index (κ1) is 14.9. The Labute approximate surface area is 141 Å². The molecule has 1 unspecified atom stereocenters. The summed E-state index contributed by atoms with van der Waals surface area (Å²) >= 11 is 0. The van der Waals surface area contributed by atoms with E-state index in [9.17, 15) is 9.59 Å². The molecule has 2 aromatic rings. The molecule has 4 nitrogen and oxygen atoms in total. The van der Waals surface area contributed by atoms with Gasteiger partial charge in [-0.25, -0.2) is 4.79 Å². The van der Waals surface area contributed by atoms with Gasteiger partial charge >= 0.3 is 6.03 Å². The van der Waals surface area contributed by atoms with E-state index in [1.165, 1.54) is 10.5 Å². The molecule has 0 saturated carbocycles. The normalized spacial score (nSPS) is 21.3. The molecule has 0 bridgehead atoms. The van der Waals surface area contributed by atoms with Crippen molar-refractivity contribution in [1.82, 2.24) is 9.80 Å². The Morgan fingerprint density at radius 3 is 2.50 bits per heavy atom. The summed E-state index contributed by atoms with van der Waals surface area (Å²) in [7, 11) is 0. The number of hydrogen-bond acceptors (Lipinski definition) is 2. The molecule has 2 aromatic carbocycles. The van der Waals surface area contributed by atoms with Crippen LogP contribution in [0.2, 0.25) is 0 Å². The van der Waals surface area contributed by atoms with Gasteiger partial charge in [0.15, 0.2) is 0 Å². The molecule has 122 valence electrons. The summed E-state index contributed by atoms with van der Waals surface area (Å²) in [5.41, 5.74) is 3.42. The zero-order chi connectivity index (χ0) is 16.7. The summed E-state index contributed by atoms with van der Waals surface area (Å²) in [5.74, 6) is -0.0931. The smallest absolute Gasteiger partial charge is 0.308 e. The molecule has 1 heterocycles. The number of amides is 3. The number of imide groups is 1. The minimum absolute atomic E-state index is 0.0931. The van der Waals surface area contributed by atoms with Crippen molar-refractivity contribution in [3.63, 3.8) is 0 Å². The number of rotatable bonds is 3. The number of fused-ring (bicyclic) bond motifs is 1. The van der Waals surface area contributed by atoms with E-state index in [4.69, 9.17) is 0 Å². The molecule has 4 heteroatoms. The fraction of sp³-hybridized carbons (Fsp3) is 0.300. The summed E-state index contributed by atoms with van der Waals surface area (Å²) < 4.78 is 0. The topological polar surface area (TPSA) is 40.6 Å². The van der Waals surface area contributed by atoms with Gasteiger partial charge in [-0.15, -0.1) is 0 Å². The number of carbonyl (C=O) groups is 2. The van der Waals surface area contributed by atoms with Crippen LogP contribution in [0.4, 0.5) is 4.79 Å². The number of nitrogens with zero attached hydrogens (tertiary/aromatic N) is 2. The van der Waals surface area contributed by atoms with Gasteiger partial charge in [0.1, 0.15) is 6.54 Å². The maximum Gasteiger partial charge on any atom is 0.328 e. The molecule has 0 radical (unpaired) electrons. The van der Waals surface area contributed by atoms with E-state index in [0.717, 1.165) is 24.0 Å². The van der Waals surface area contributed by atoms with Gasteiger partial charge in [-0.1, -0.05) is 54.6 Å². The number of benzene rings is 2. The van der Waals surface area contributed by atoms with Crippen molar-refractivity contribution in [3.05, 3.63) is 71.3 Å². The van der Waals surface area contributed by atoms with Gasteiger partial charge in [0.25, 0.3) is 5.91 Å². The van der Waals surface area contributed by atoms with E-state index >= 15 is 0 Å². The molecule has 3 amide bonds. The predicted octanol–water partition coefficient (Wildman–Crippen LogP) is 3.70. The van der Waals surface area contributed by atoms with Crippen LogP contribution in [0, 0.1) is 0 Å². The maximum absolute atomic E-state index is 13.0. The van der Waals surface area contributed by atoms with Gasteiger partial charge in [-0.05, 0) is 36.5 Å². The number of aryl methyl sites for hydroxylation is 1. The number of urea groups is 1. The third-order valence-electron chi connectivity index (χ3n) is 5.19. The molecule has 1 aliphatic carbocycles. The van der Waals surface area contributed by atoms with Crippen molar-refractivity contribution in [2.24, 2.45) is 0 Å². The standard InChI is InChI=1S/C20H20N2O2/c1-14(15-7-3-2-4-8-15)21-13-19(23)22(20(21)24)18-12-11-16-9-5-6-10-17(16)18/h2-10,14,18H,11-13H2,1H3/t14?,18-/m1/s1. The third kappa shape index (κ3) is 2.30. The van der Waals surface area contributed by atoms with Crippen LogP contribution in [0.3, 0.4) is 0 Å². The summed E-state index contributed by atoms with van der Waals surface area (Å²) in [4.78, 5) is 28.7. The third-order valence-corrected chi connectivity index (χ3v) is 5.19. The molecule has 0 spiro atoms. The summed E-state index contributed by atoms with van der Waals surface area (Å²) in [5, 5.41) is 0. The lowest BCUT2D eigenvalue weighted by Gasteiger charge is -2.26. The fourth-order valence-electron chi connectivity index (χ4n) is 3.86. The van der Waals surface area contributed by atoms with Crippen LogP contribution < -0.4 is 0 Å². The zero-order valence-electron chi connectivity index (χ0n) is 13.7. The highest BCUT2D eigenvalue weighted by Gasteiger charge is 2.44. The molecule has 1 aliphatic heterocycles. The monoisotopic (exact) mass is 320 g/mol. The van der Waals surface area contributed by atoms with Crippen molar-refractivity contribution in [1.29, 1.82) is 0 Å². The largest absolute Gasteiger partial charge is 0.328 e. The zero-order valence-corrected chi connectivity index (χ0v) is 13.7. The molecule has 2 aliphatic rings. The molecule has 1 fully saturated rings. The van der Waals surface area contributed by atoms with Crippen LogP contribution in [-0.2, 0) is 11.2 Å². The second kappa shape index (κ2) is 5.78. The number of carbonyl (C=O) groups excluding carboxylic acids is 2. The molecule has 1 saturated heterocycles. The van der Waals surface area contributed by atoms with Crippen LogP contribution in [0.1, 0.15) is 42.1 Å². The summed E-state index contributed by atoms with van der Waals surface area (Å²) in [6.45, 7) is 2.14. The molecule has 2 atom stereocenters. The van der Waals surface area contributed by atoms with Crippen LogP contribution in [0.15, 0.2) is 54.6 Å². The maximum atomic E-state index is 13.0. The SMILES string of the molecule is CC(c1ccccc1)N1CC(=O)N([C@@H]2CCc3ccccc32)C1=O. The minimum atomic E-state index is -0.168. The Hall–Kier alpha value is -2.62. The van der Waals surface area contributed by atoms with Gasteiger partial charge in [0.2, 0.25) is 0 Å². The molecular weight excluding hydrogens is 300 g/mol. The molecule has 4 rings (SSSR count). The molecule has 0 aromatic heterocycles. The Kier molecular flexibility index (Phi) is 3.60. The van der Waals surface area contributed by atoms with E-state index in [-0.39, 0.29) is 30.6 Å². The van der Waals surface area contributed by atoms with E-state index in [0.29, 0.717) is 0 Å². The van der Waals surface area contributed by atoms with Crippen molar-refractivity contribution in [2.75, 3.05) is 6.54 Å². The van der Waals surface area contributed by atoms with Crippen molar-refractivity contribution in [3.8, 4) is 0 Å². The second-order valence-corrected chi connectivity index (χ2v) is 6.51. The van der Waals surface area contributed by atoms with Crippen molar-refractivity contribution < 1.29 is 9.59 Å². The first-order chi connectivity index (χ1) is 11.7. The quantitative estimate of drug-likeness (QED) is 0.809. The average Bonchev–Trinajstić information content (AvgIpc) is 3.16. The first-order valence-electron chi connectivity index (χ1n) is 8.42. The molecule has 24 heavy (non-hydrogen) atoms. The van der Waals surface area contributed by atoms with Crippen LogP contribution in [0.25, 0.3) is 0 Å². The van der Waals surface area contributed by atoms with Crippen LogP contribution >= 0.6 is 0 Å². The average molecular weight is 320 g/mol. The van der Waals surface area contributed by atoms with Crippen molar-refractivity contribution >= 4 is 11.9 Å². The molecule has 0 N–H and O–H groups in total. The Morgan fingerprint density at radius 2 is 1.71 bits per heavy atom. The number of hydrogen-bond donors (Lipinski definition) is 0. The lowest BCUT2D eigenvalue weighted by Crippen LogP contribution is -2.36. The predicted molar refractivity (Wildman–Crippen MR) is 91.3 cm³/mol. The van der Waals surface area contributed by atoms with E-state index in [1.807, 2.05) is 55.5 Å². The summed E-state index contributed by atoms with van der Waals surface area (Å²) in [6, 6.07) is 17.6. The summed E-state index contributed by atoms with van der Waals surface area (Å²) in [6.07, 6.45) is 1.75. The van der Waals surface area contributed by atoms with E-state index in [2.05, 4.69) is 6.07 Å². The van der Waals surface area contributed by atoms with Crippen LogP contribution in [0.5, 0.6) is 0 Å². The van der Waals surface area contributed by atoms with Crippen molar-refractivity contribution in [2.45, 2.75) is 31.8 Å². The Bertz CT molecular complexity index is 787. The highest BCUT2D eigenvalue weighted by molar-refractivity contribution is 6.02. The Morgan fingerprint density at radius 1 is 1.00 bits per heavy atom. The van der Waals surface area contributed by atoms with Gasteiger partial charge < -0.3 is 4.90 Å². The van der Waals surface area contributed by atoms with Gasteiger partial charge in [0.05, 0.1) is 12.1 Å². The fourth-order valence-corrected chi connectivity index (χ4v) is 3.86. The van der Waals surface area contributed by atoms with Gasteiger partial charge in [0, 0.05) is 0 Å². The molecular formula is C20H20N2O2. The highest BCUT2D eigenvalue weighted by atomic mass is 16.2. The Balaban J connectivity index is 1.61. The van der Waals surface area contributed by atoms with Gasteiger partial charge in [-0.3, -0.25) is 9.69 Å². The lowest BCUT2D eigenvalue weighted by atomic mass is 10.1. The van der Waals surface area contributed by atoms with E-state index < -0.39 is 0 Å².